The number of rotatable bonds is 3. The van der Waals surface area contributed by atoms with Gasteiger partial charge >= 0.3 is 6.18 Å². The zero-order valence-corrected chi connectivity index (χ0v) is 12.0. The third kappa shape index (κ3) is 3.76. The van der Waals surface area contributed by atoms with Crippen LogP contribution in [0.3, 0.4) is 0 Å². The fourth-order valence-corrected chi connectivity index (χ4v) is 2.35. The third-order valence-corrected chi connectivity index (χ3v) is 3.82. The molecule has 0 amide bonds. The van der Waals surface area contributed by atoms with Crippen LogP contribution in [0.4, 0.5) is 17.6 Å². The summed E-state index contributed by atoms with van der Waals surface area (Å²) in [5, 5.41) is 0. The first-order valence-corrected chi connectivity index (χ1v) is 7.81. The second-order valence-electron chi connectivity index (χ2n) is 4.49. The van der Waals surface area contributed by atoms with E-state index in [2.05, 4.69) is 0 Å². The minimum Gasteiger partial charge on any atom is -0.457 e. The van der Waals surface area contributed by atoms with E-state index in [1.165, 1.54) is 12.1 Å². The van der Waals surface area contributed by atoms with E-state index in [4.69, 9.17) is 4.74 Å². The predicted molar refractivity (Wildman–Crippen MR) is 71.0 cm³/mol. The second kappa shape index (κ2) is 5.60. The maximum Gasteiger partial charge on any atom is 0.420 e. The summed E-state index contributed by atoms with van der Waals surface area (Å²) in [7, 11) is -3.80. The van der Waals surface area contributed by atoms with Crippen LogP contribution in [-0.4, -0.2) is 14.7 Å². The van der Waals surface area contributed by atoms with Gasteiger partial charge in [-0.25, -0.2) is 12.8 Å². The van der Waals surface area contributed by atoms with Gasteiger partial charge in [0, 0.05) is 12.3 Å². The van der Waals surface area contributed by atoms with Crippen molar-refractivity contribution in [3.05, 3.63) is 53.8 Å². The maximum atomic E-state index is 13.0. The Bertz CT molecular complexity index is 798. The van der Waals surface area contributed by atoms with Gasteiger partial charge in [-0.3, -0.25) is 0 Å². The fourth-order valence-electron chi connectivity index (χ4n) is 1.71. The van der Waals surface area contributed by atoms with Gasteiger partial charge in [0.25, 0.3) is 0 Å². The molecule has 0 bridgehead atoms. The molecule has 0 aromatic heterocycles. The Labute approximate surface area is 124 Å². The van der Waals surface area contributed by atoms with Crippen molar-refractivity contribution >= 4 is 9.84 Å². The molecule has 0 aliphatic carbocycles. The molecule has 118 valence electrons. The minimum absolute atomic E-state index is 0.127. The fraction of sp³-hybridized carbons (Fsp3) is 0.143. The summed E-state index contributed by atoms with van der Waals surface area (Å²) < 4.78 is 80.0. The largest absolute Gasteiger partial charge is 0.457 e. The van der Waals surface area contributed by atoms with E-state index in [0.29, 0.717) is 6.07 Å². The molecule has 0 aliphatic rings. The van der Waals surface area contributed by atoms with Crippen LogP contribution in [-0.2, 0) is 16.0 Å². The smallest absolute Gasteiger partial charge is 0.420 e. The van der Waals surface area contributed by atoms with Gasteiger partial charge in [-0.15, -0.1) is 0 Å². The lowest BCUT2D eigenvalue weighted by atomic mass is 10.2. The monoisotopic (exact) mass is 334 g/mol. The zero-order chi connectivity index (χ0) is 16.5. The van der Waals surface area contributed by atoms with Crippen molar-refractivity contribution in [1.29, 1.82) is 0 Å². The molecule has 0 saturated heterocycles. The molecule has 2 aromatic carbocycles. The molecule has 0 saturated carbocycles. The van der Waals surface area contributed by atoms with E-state index >= 15 is 0 Å². The Morgan fingerprint density at radius 2 is 1.73 bits per heavy atom. The highest BCUT2D eigenvalue weighted by Gasteiger charge is 2.35. The van der Waals surface area contributed by atoms with E-state index in [0.717, 1.165) is 30.5 Å². The molecule has 0 atom stereocenters. The number of halogens is 4. The van der Waals surface area contributed by atoms with E-state index in [1.54, 1.807) is 0 Å². The number of hydrogen-bond donors (Lipinski definition) is 0. The van der Waals surface area contributed by atoms with Crippen molar-refractivity contribution in [3.63, 3.8) is 0 Å². The van der Waals surface area contributed by atoms with Crippen LogP contribution >= 0.6 is 0 Å². The summed E-state index contributed by atoms with van der Waals surface area (Å²) in [4.78, 5) is -0.480. The topological polar surface area (TPSA) is 43.4 Å². The van der Waals surface area contributed by atoms with Crippen LogP contribution in [0.5, 0.6) is 11.5 Å². The van der Waals surface area contributed by atoms with Crippen LogP contribution in [0.25, 0.3) is 0 Å². The summed E-state index contributed by atoms with van der Waals surface area (Å²) in [6.45, 7) is 0. The minimum atomic E-state index is -4.82. The van der Waals surface area contributed by atoms with Gasteiger partial charge in [0.1, 0.15) is 17.3 Å². The standard InChI is InChI=1S/C14H10F4O3S/c1-22(19,20)11-5-6-13(12(8-11)14(16,17)18)21-10-4-2-3-9(15)7-10/h2-8H,1H3. The SMILES string of the molecule is CS(=O)(=O)c1ccc(Oc2cccc(F)c2)c(C(F)(F)F)c1. The average Bonchev–Trinajstić information content (AvgIpc) is 2.36. The first kappa shape index (κ1) is 16.3. The molecule has 0 aliphatic heterocycles. The Hall–Kier alpha value is -2.09. The molecule has 22 heavy (non-hydrogen) atoms. The Morgan fingerprint density at radius 1 is 1.05 bits per heavy atom. The van der Waals surface area contributed by atoms with Gasteiger partial charge in [-0.05, 0) is 30.3 Å². The van der Waals surface area contributed by atoms with Crippen molar-refractivity contribution in [1.82, 2.24) is 0 Å². The summed E-state index contributed by atoms with van der Waals surface area (Å²) in [6.07, 6.45) is -4.01. The first-order chi connectivity index (χ1) is 10.1. The molecule has 0 unspecified atom stereocenters. The second-order valence-corrected chi connectivity index (χ2v) is 6.50. The number of benzene rings is 2. The highest BCUT2D eigenvalue weighted by Crippen LogP contribution is 2.39. The molecular weight excluding hydrogens is 324 g/mol. The Kier molecular flexibility index (Phi) is 4.15. The Balaban J connectivity index is 2.51. The summed E-state index contributed by atoms with van der Waals surface area (Å²) in [5.74, 6) is -1.40. The average molecular weight is 334 g/mol. The van der Waals surface area contributed by atoms with Crippen LogP contribution in [0.15, 0.2) is 47.4 Å². The lowest BCUT2D eigenvalue weighted by molar-refractivity contribution is -0.138. The normalized spacial score (nSPS) is 12.2. The summed E-state index contributed by atoms with van der Waals surface area (Å²) in [5.41, 5.74) is -1.25. The van der Waals surface area contributed by atoms with Crippen molar-refractivity contribution in [2.75, 3.05) is 6.26 Å². The number of ether oxygens (including phenoxy) is 1. The van der Waals surface area contributed by atoms with Gasteiger partial charge in [-0.2, -0.15) is 13.2 Å². The van der Waals surface area contributed by atoms with Crippen LogP contribution < -0.4 is 4.74 Å². The highest BCUT2D eigenvalue weighted by molar-refractivity contribution is 7.90. The molecule has 2 rings (SSSR count). The van der Waals surface area contributed by atoms with Crippen molar-refractivity contribution in [2.24, 2.45) is 0 Å². The molecule has 2 aromatic rings. The number of sulfone groups is 1. The Morgan fingerprint density at radius 3 is 2.27 bits per heavy atom. The van der Waals surface area contributed by atoms with E-state index < -0.39 is 38.0 Å². The lowest BCUT2D eigenvalue weighted by Crippen LogP contribution is -2.09. The molecule has 0 spiro atoms. The molecule has 8 heteroatoms. The molecule has 0 heterocycles. The van der Waals surface area contributed by atoms with Crippen molar-refractivity contribution in [2.45, 2.75) is 11.1 Å². The van der Waals surface area contributed by atoms with Crippen LogP contribution in [0.2, 0.25) is 0 Å². The van der Waals surface area contributed by atoms with E-state index in [1.807, 2.05) is 0 Å². The van der Waals surface area contributed by atoms with Gasteiger partial charge in [0.2, 0.25) is 0 Å². The van der Waals surface area contributed by atoms with Gasteiger partial charge in [0.15, 0.2) is 9.84 Å². The maximum absolute atomic E-state index is 13.0. The lowest BCUT2D eigenvalue weighted by Gasteiger charge is -2.14. The number of alkyl halides is 3. The van der Waals surface area contributed by atoms with E-state index in [9.17, 15) is 26.0 Å². The summed E-state index contributed by atoms with van der Waals surface area (Å²) >= 11 is 0. The highest BCUT2D eigenvalue weighted by atomic mass is 32.2. The van der Waals surface area contributed by atoms with Crippen LogP contribution in [0, 0.1) is 5.82 Å². The third-order valence-electron chi connectivity index (χ3n) is 2.71. The first-order valence-electron chi connectivity index (χ1n) is 5.92. The van der Waals surface area contributed by atoms with Gasteiger partial charge in [-0.1, -0.05) is 6.07 Å². The summed E-state index contributed by atoms with van der Waals surface area (Å²) in [6, 6.07) is 6.98. The van der Waals surface area contributed by atoms with Crippen LogP contribution in [0.1, 0.15) is 5.56 Å². The molecule has 3 nitrogen and oxygen atoms in total. The van der Waals surface area contributed by atoms with Gasteiger partial charge in [0.05, 0.1) is 10.5 Å². The molecule has 0 fully saturated rings. The van der Waals surface area contributed by atoms with E-state index in [-0.39, 0.29) is 5.75 Å². The predicted octanol–water partition coefficient (Wildman–Crippen LogP) is 4.04. The zero-order valence-electron chi connectivity index (χ0n) is 11.2. The molecule has 0 radical (unpaired) electrons. The van der Waals surface area contributed by atoms with Crippen molar-refractivity contribution in [3.8, 4) is 11.5 Å². The molecular formula is C14H10F4O3S. The number of hydrogen-bond acceptors (Lipinski definition) is 3. The van der Waals surface area contributed by atoms with Crippen molar-refractivity contribution < 1.29 is 30.7 Å². The molecule has 0 N–H and O–H groups in total. The van der Waals surface area contributed by atoms with Gasteiger partial charge < -0.3 is 4.74 Å². The quantitative estimate of drug-likeness (QED) is 0.796.